The first kappa shape index (κ1) is 15.5. The third-order valence-electron chi connectivity index (χ3n) is 3.98. The van der Waals surface area contributed by atoms with Gasteiger partial charge >= 0.3 is 0 Å². The Hall–Kier alpha value is -1.86. The standard InChI is InChI=1S/C17H22N2O2/c1-13(21-12-14-7-3-2-4-8-14)17(20)19-16-10-6-5-9-15(16)11-18/h5-6,9-10,13-14H,2-4,7-8,12H2,1H3,(H,19,20). The predicted octanol–water partition coefficient (Wildman–Crippen LogP) is 3.48. The van der Waals surface area contributed by atoms with Crippen molar-refractivity contribution in [1.29, 1.82) is 5.26 Å². The van der Waals surface area contributed by atoms with Crippen molar-refractivity contribution in [2.75, 3.05) is 11.9 Å². The first-order valence-corrected chi connectivity index (χ1v) is 7.62. The third kappa shape index (κ3) is 4.57. The van der Waals surface area contributed by atoms with Crippen LogP contribution in [0.1, 0.15) is 44.6 Å². The molecule has 4 nitrogen and oxygen atoms in total. The topological polar surface area (TPSA) is 62.1 Å². The number of nitrogens with zero attached hydrogens (tertiary/aromatic N) is 1. The van der Waals surface area contributed by atoms with Gasteiger partial charge in [-0.1, -0.05) is 31.4 Å². The van der Waals surface area contributed by atoms with E-state index in [1.54, 1.807) is 31.2 Å². The zero-order valence-electron chi connectivity index (χ0n) is 12.5. The molecule has 0 bridgehead atoms. The fraction of sp³-hybridized carbons (Fsp3) is 0.529. The fourth-order valence-corrected chi connectivity index (χ4v) is 2.63. The van der Waals surface area contributed by atoms with Gasteiger partial charge in [0.25, 0.3) is 5.91 Å². The van der Waals surface area contributed by atoms with Gasteiger partial charge < -0.3 is 10.1 Å². The van der Waals surface area contributed by atoms with Crippen molar-refractivity contribution in [3.63, 3.8) is 0 Å². The monoisotopic (exact) mass is 286 g/mol. The second kappa shape index (κ2) is 7.80. The molecule has 1 unspecified atom stereocenters. The number of carbonyl (C=O) groups is 1. The van der Waals surface area contributed by atoms with Crippen LogP contribution in [0, 0.1) is 17.2 Å². The molecule has 2 rings (SSSR count). The van der Waals surface area contributed by atoms with E-state index in [0.717, 1.165) is 0 Å². The number of hydrogen-bond donors (Lipinski definition) is 1. The Bertz CT molecular complexity index is 516. The lowest BCUT2D eigenvalue weighted by Gasteiger charge is -2.23. The van der Waals surface area contributed by atoms with Crippen molar-refractivity contribution >= 4 is 11.6 Å². The van der Waals surface area contributed by atoms with Crippen LogP contribution in [-0.4, -0.2) is 18.6 Å². The number of anilines is 1. The first-order valence-electron chi connectivity index (χ1n) is 7.62. The Morgan fingerprint density at radius 1 is 1.38 bits per heavy atom. The molecule has 1 saturated carbocycles. The number of hydrogen-bond acceptors (Lipinski definition) is 3. The highest BCUT2D eigenvalue weighted by Gasteiger charge is 2.19. The van der Waals surface area contributed by atoms with E-state index in [1.807, 2.05) is 0 Å². The van der Waals surface area contributed by atoms with Gasteiger partial charge in [-0.25, -0.2) is 0 Å². The van der Waals surface area contributed by atoms with Gasteiger partial charge in [-0.05, 0) is 37.8 Å². The van der Waals surface area contributed by atoms with E-state index in [0.29, 0.717) is 23.8 Å². The van der Waals surface area contributed by atoms with Crippen LogP contribution in [0.15, 0.2) is 24.3 Å². The molecule has 4 heteroatoms. The lowest BCUT2D eigenvalue weighted by Crippen LogP contribution is -2.30. The minimum absolute atomic E-state index is 0.200. The highest BCUT2D eigenvalue weighted by molar-refractivity contribution is 5.95. The molecule has 1 aromatic carbocycles. The summed E-state index contributed by atoms with van der Waals surface area (Å²) in [6, 6.07) is 9.05. The lowest BCUT2D eigenvalue weighted by molar-refractivity contribution is -0.127. The molecule has 0 heterocycles. The number of benzene rings is 1. The van der Waals surface area contributed by atoms with Gasteiger partial charge in [0.2, 0.25) is 0 Å². The molecule has 21 heavy (non-hydrogen) atoms. The van der Waals surface area contributed by atoms with Gasteiger partial charge in [0.15, 0.2) is 0 Å². The molecule has 1 amide bonds. The van der Waals surface area contributed by atoms with Crippen LogP contribution < -0.4 is 5.32 Å². The van der Waals surface area contributed by atoms with Gasteiger partial charge in [-0.2, -0.15) is 5.26 Å². The summed E-state index contributed by atoms with van der Waals surface area (Å²) in [5.41, 5.74) is 1.00. The van der Waals surface area contributed by atoms with Crippen LogP contribution in [0.3, 0.4) is 0 Å². The molecule has 0 saturated heterocycles. The summed E-state index contributed by atoms with van der Waals surface area (Å²) in [6.45, 7) is 2.40. The van der Waals surface area contributed by atoms with Gasteiger partial charge in [0.05, 0.1) is 17.9 Å². The van der Waals surface area contributed by atoms with Gasteiger partial charge in [0.1, 0.15) is 12.2 Å². The molecule has 0 aliphatic heterocycles. The number of para-hydroxylation sites is 1. The van der Waals surface area contributed by atoms with E-state index >= 15 is 0 Å². The number of carbonyl (C=O) groups excluding carboxylic acids is 1. The summed E-state index contributed by atoms with van der Waals surface area (Å²) in [5, 5.41) is 11.8. The minimum atomic E-state index is -0.501. The molecule has 0 radical (unpaired) electrons. The van der Waals surface area contributed by atoms with Crippen molar-refractivity contribution in [3.05, 3.63) is 29.8 Å². The second-order valence-electron chi connectivity index (χ2n) is 5.63. The van der Waals surface area contributed by atoms with Gasteiger partial charge in [-0.15, -0.1) is 0 Å². The second-order valence-corrected chi connectivity index (χ2v) is 5.63. The summed E-state index contributed by atoms with van der Waals surface area (Å²) in [7, 11) is 0. The zero-order chi connectivity index (χ0) is 15.1. The van der Waals surface area contributed by atoms with Crippen LogP contribution >= 0.6 is 0 Å². The first-order chi connectivity index (χ1) is 10.2. The van der Waals surface area contributed by atoms with Crippen LogP contribution in [0.4, 0.5) is 5.69 Å². The Morgan fingerprint density at radius 2 is 2.10 bits per heavy atom. The lowest BCUT2D eigenvalue weighted by atomic mass is 9.90. The molecular formula is C17H22N2O2. The van der Waals surface area contributed by atoms with Crippen LogP contribution in [0.25, 0.3) is 0 Å². The summed E-state index contributed by atoms with van der Waals surface area (Å²) < 4.78 is 5.69. The number of ether oxygens (including phenoxy) is 1. The number of rotatable bonds is 5. The van der Waals surface area contributed by atoms with E-state index in [2.05, 4.69) is 11.4 Å². The Balaban J connectivity index is 1.83. The molecular weight excluding hydrogens is 264 g/mol. The number of nitrogens with one attached hydrogen (secondary N) is 1. The maximum absolute atomic E-state index is 12.1. The van der Waals surface area contributed by atoms with E-state index < -0.39 is 6.10 Å². The predicted molar refractivity (Wildman–Crippen MR) is 81.8 cm³/mol. The zero-order valence-corrected chi connectivity index (χ0v) is 12.5. The highest BCUT2D eigenvalue weighted by Crippen LogP contribution is 2.24. The molecule has 1 fully saturated rings. The normalized spacial score (nSPS) is 17.0. The van der Waals surface area contributed by atoms with Gasteiger partial charge in [0, 0.05) is 0 Å². The van der Waals surface area contributed by atoms with E-state index in [4.69, 9.17) is 10.00 Å². The largest absolute Gasteiger partial charge is 0.368 e. The third-order valence-corrected chi connectivity index (χ3v) is 3.98. The highest BCUT2D eigenvalue weighted by atomic mass is 16.5. The minimum Gasteiger partial charge on any atom is -0.368 e. The Morgan fingerprint density at radius 3 is 2.81 bits per heavy atom. The molecule has 1 aromatic rings. The SMILES string of the molecule is CC(OCC1CCCCC1)C(=O)Nc1ccccc1C#N. The van der Waals surface area contributed by atoms with Crippen molar-refractivity contribution in [2.45, 2.75) is 45.1 Å². The maximum Gasteiger partial charge on any atom is 0.253 e. The fourth-order valence-electron chi connectivity index (χ4n) is 2.63. The molecule has 1 N–H and O–H groups in total. The summed E-state index contributed by atoms with van der Waals surface area (Å²) >= 11 is 0. The quantitative estimate of drug-likeness (QED) is 0.901. The average Bonchev–Trinajstić information content (AvgIpc) is 2.54. The molecule has 0 spiro atoms. The molecule has 1 aliphatic rings. The van der Waals surface area contributed by atoms with Crippen molar-refractivity contribution in [1.82, 2.24) is 0 Å². The van der Waals surface area contributed by atoms with Crippen molar-refractivity contribution < 1.29 is 9.53 Å². The molecule has 1 aliphatic carbocycles. The molecule has 1 atom stereocenters. The maximum atomic E-state index is 12.1. The Labute approximate surface area is 126 Å². The smallest absolute Gasteiger partial charge is 0.253 e. The number of amides is 1. The summed E-state index contributed by atoms with van der Waals surface area (Å²) in [5.74, 6) is 0.383. The van der Waals surface area contributed by atoms with Gasteiger partial charge in [-0.3, -0.25) is 4.79 Å². The van der Waals surface area contributed by atoms with Crippen LogP contribution in [0.2, 0.25) is 0 Å². The Kier molecular flexibility index (Phi) is 5.77. The summed E-state index contributed by atoms with van der Waals surface area (Å²) in [6.07, 6.45) is 5.75. The van der Waals surface area contributed by atoms with E-state index in [1.165, 1.54) is 32.1 Å². The van der Waals surface area contributed by atoms with Crippen molar-refractivity contribution in [3.8, 4) is 6.07 Å². The average molecular weight is 286 g/mol. The van der Waals surface area contributed by atoms with E-state index in [9.17, 15) is 4.79 Å². The molecule has 0 aromatic heterocycles. The van der Waals surface area contributed by atoms with Crippen LogP contribution in [-0.2, 0) is 9.53 Å². The number of nitriles is 1. The van der Waals surface area contributed by atoms with E-state index in [-0.39, 0.29) is 5.91 Å². The molecule has 112 valence electrons. The van der Waals surface area contributed by atoms with Crippen molar-refractivity contribution in [2.24, 2.45) is 5.92 Å². The summed E-state index contributed by atoms with van der Waals surface area (Å²) in [4.78, 5) is 12.1. The van der Waals surface area contributed by atoms with Crippen LogP contribution in [0.5, 0.6) is 0 Å².